The van der Waals surface area contributed by atoms with E-state index in [-0.39, 0.29) is 31.1 Å². The van der Waals surface area contributed by atoms with Crippen molar-refractivity contribution in [3.63, 3.8) is 0 Å². The topological polar surface area (TPSA) is 78.9 Å². The van der Waals surface area contributed by atoms with Crippen molar-refractivity contribution in [2.75, 3.05) is 13.2 Å². The number of rotatable bonds is 54. The van der Waals surface area contributed by atoms with Crippen molar-refractivity contribution in [3.8, 4) is 0 Å². The highest BCUT2D eigenvalue weighted by molar-refractivity contribution is 5.71. The molecule has 0 aromatic carbocycles. The molecule has 392 valence electrons. The van der Waals surface area contributed by atoms with E-state index in [4.69, 9.17) is 14.2 Å². The average molecular weight is 942 g/mol. The number of hydrogen-bond donors (Lipinski definition) is 0. The zero-order valence-electron chi connectivity index (χ0n) is 44.9. The second kappa shape index (κ2) is 56.2. The van der Waals surface area contributed by atoms with Gasteiger partial charge in [0, 0.05) is 19.3 Å². The van der Waals surface area contributed by atoms with Gasteiger partial charge >= 0.3 is 17.9 Å². The Morgan fingerprint density at radius 2 is 0.537 bits per heavy atom. The number of unbranched alkanes of at least 4 members (excludes halogenated alkanes) is 37. The number of carbonyl (C=O) groups excluding carboxylic acids is 3. The molecule has 0 saturated carbocycles. The van der Waals surface area contributed by atoms with Crippen molar-refractivity contribution >= 4 is 17.9 Å². The molecule has 0 N–H and O–H groups in total. The number of ether oxygens (including phenoxy) is 3. The molecule has 67 heavy (non-hydrogen) atoms. The number of hydrogen-bond acceptors (Lipinski definition) is 6. The van der Waals surface area contributed by atoms with Gasteiger partial charge in [-0.1, -0.05) is 256 Å². The molecule has 6 heteroatoms. The summed E-state index contributed by atoms with van der Waals surface area (Å²) in [5.74, 6) is -0.864. The van der Waals surface area contributed by atoms with Gasteiger partial charge in [-0.25, -0.2) is 0 Å². The van der Waals surface area contributed by atoms with Gasteiger partial charge < -0.3 is 14.2 Å². The predicted molar refractivity (Wildman–Crippen MR) is 289 cm³/mol. The lowest BCUT2D eigenvalue weighted by Gasteiger charge is -2.18. The summed E-state index contributed by atoms with van der Waals surface area (Å²) in [5.41, 5.74) is 0. The molecule has 0 unspecified atom stereocenters. The molecule has 6 nitrogen and oxygen atoms in total. The quantitative estimate of drug-likeness (QED) is 0.0262. The summed E-state index contributed by atoms with van der Waals surface area (Å²) >= 11 is 0. The van der Waals surface area contributed by atoms with Crippen molar-refractivity contribution in [2.24, 2.45) is 0 Å². The Balaban J connectivity index is 4.28. The normalized spacial score (nSPS) is 12.2. The third-order valence-electron chi connectivity index (χ3n) is 13.1. The maximum atomic E-state index is 12.8. The molecule has 0 fully saturated rings. The minimum Gasteiger partial charge on any atom is -0.462 e. The maximum absolute atomic E-state index is 12.8. The lowest BCUT2D eigenvalue weighted by atomic mass is 10.0. The van der Waals surface area contributed by atoms with E-state index in [0.717, 1.165) is 70.6 Å². The summed E-state index contributed by atoms with van der Waals surface area (Å²) < 4.78 is 16.9. The van der Waals surface area contributed by atoms with Crippen LogP contribution in [0, 0.1) is 0 Å². The summed E-state index contributed by atoms with van der Waals surface area (Å²) in [6.45, 7) is 6.64. The number of esters is 3. The van der Waals surface area contributed by atoms with Gasteiger partial charge in [0.25, 0.3) is 0 Å². The van der Waals surface area contributed by atoms with E-state index in [1.54, 1.807) is 0 Å². The van der Waals surface area contributed by atoms with Gasteiger partial charge in [-0.2, -0.15) is 0 Å². The maximum Gasteiger partial charge on any atom is 0.306 e. The van der Waals surface area contributed by atoms with Crippen LogP contribution in [0.15, 0.2) is 36.5 Å². The van der Waals surface area contributed by atoms with Gasteiger partial charge in [0.2, 0.25) is 0 Å². The highest BCUT2D eigenvalue weighted by atomic mass is 16.6. The Morgan fingerprint density at radius 1 is 0.299 bits per heavy atom. The number of allylic oxidation sites excluding steroid dienone is 6. The second-order valence-corrected chi connectivity index (χ2v) is 19.9. The van der Waals surface area contributed by atoms with Gasteiger partial charge in [-0.3, -0.25) is 14.4 Å². The largest absolute Gasteiger partial charge is 0.462 e. The van der Waals surface area contributed by atoms with E-state index in [1.165, 1.54) is 205 Å². The SMILES string of the molecule is CCCCC/C=C\C/C=C\CCCCCCCCCC(=O)O[C@@H](COC(=O)CCCCCCCCCCCCC)COC(=O)CCCCCCCCCCCCC/C=C\CCCCCCCC. The smallest absolute Gasteiger partial charge is 0.306 e. The Labute approximate surface area is 416 Å². The molecule has 0 aromatic heterocycles. The summed E-state index contributed by atoms with van der Waals surface area (Å²) in [4.78, 5) is 38.1. The third kappa shape index (κ3) is 54.4. The van der Waals surface area contributed by atoms with Gasteiger partial charge in [-0.15, -0.1) is 0 Å². The summed E-state index contributed by atoms with van der Waals surface area (Å²) in [7, 11) is 0. The zero-order chi connectivity index (χ0) is 48.6. The molecule has 0 bridgehead atoms. The first-order valence-electron chi connectivity index (χ1n) is 29.5. The average Bonchev–Trinajstić information content (AvgIpc) is 3.33. The van der Waals surface area contributed by atoms with Crippen molar-refractivity contribution in [1.82, 2.24) is 0 Å². The van der Waals surface area contributed by atoms with Crippen LogP contribution in [0.25, 0.3) is 0 Å². The molecular weight excluding hydrogens is 829 g/mol. The molecule has 0 aliphatic heterocycles. The lowest BCUT2D eigenvalue weighted by Crippen LogP contribution is -2.30. The standard InChI is InChI=1S/C61H112O6/c1-4-7-10-13-16-19-22-24-26-28-29-30-31-33-34-36-39-42-45-48-51-54-60(63)66-57-58(56-65-59(62)53-50-47-44-41-38-21-18-15-12-9-6-3)67-61(64)55-52-49-46-43-40-37-35-32-27-25-23-20-17-14-11-8-5-2/h17,20,24-27,58H,4-16,18-19,21-23,28-57H2,1-3H3/b20-17-,26-24-,27-25-/t58-/m0/s1. The Morgan fingerprint density at radius 3 is 0.866 bits per heavy atom. The van der Waals surface area contributed by atoms with Crippen molar-refractivity contribution in [3.05, 3.63) is 36.5 Å². The molecule has 0 amide bonds. The molecule has 0 radical (unpaired) electrons. The molecular formula is C61H112O6. The number of carbonyl (C=O) groups is 3. The molecule has 1 atom stereocenters. The molecule has 0 heterocycles. The van der Waals surface area contributed by atoms with Crippen LogP contribution in [0.1, 0.15) is 316 Å². The first-order chi connectivity index (χ1) is 33.0. The first kappa shape index (κ1) is 64.6. The van der Waals surface area contributed by atoms with Crippen LogP contribution >= 0.6 is 0 Å². The van der Waals surface area contributed by atoms with Crippen LogP contribution in [-0.2, 0) is 28.6 Å². The van der Waals surface area contributed by atoms with E-state index in [1.807, 2.05) is 0 Å². The molecule has 0 aromatic rings. The molecule has 0 aliphatic rings. The van der Waals surface area contributed by atoms with Gasteiger partial charge in [0.15, 0.2) is 6.10 Å². The molecule has 0 saturated heterocycles. The highest BCUT2D eigenvalue weighted by Gasteiger charge is 2.19. The van der Waals surface area contributed by atoms with Crippen LogP contribution in [-0.4, -0.2) is 37.2 Å². The van der Waals surface area contributed by atoms with Crippen LogP contribution in [0.5, 0.6) is 0 Å². The third-order valence-corrected chi connectivity index (χ3v) is 13.1. The van der Waals surface area contributed by atoms with Crippen LogP contribution in [0.4, 0.5) is 0 Å². The van der Waals surface area contributed by atoms with Gasteiger partial charge in [0.1, 0.15) is 13.2 Å². The van der Waals surface area contributed by atoms with E-state index in [0.29, 0.717) is 19.3 Å². The minimum atomic E-state index is -0.773. The molecule has 0 aliphatic carbocycles. The highest BCUT2D eigenvalue weighted by Crippen LogP contribution is 2.16. The Hall–Kier alpha value is -2.37. The monoisotopic (exact) mass is 941 g/mol. The lowest BCUT2D eigenvalue weighted by molar-refractivity contribution is -0.167. The Bertz CT molecular complexity index is 1130. The van der Waals surface area contributed by atoms with Crippen molar-refractivity contribution in [1.29, 1.82) is 0 Å². The fourth-order valence-corrected chi connectivity index (χ4v) is 8.65. The minimum absolute atomic E-state index is 0.0719. The fourth-order valence-electron chi connectivity index (χ4n) is 8.65. The zero-order valence-corrected chi connectivity index (χ0v) is 44.9. The van der Waals surface area contributed by atoms with Gasteiger partial charge in [-0.05, 0) is 77.0 Å². The summed E-state index contributed by atoms with van der Waals surface area (Å²) in [6, 6.07) is 0. The summed E-state index contributed by atoms with van der Waals surface area (Å²) in [6.07, 6.45) is 67.1. The van der Waals surface area contributed by atoms with Crippen LogP contribution in [0.2, 0.25) is 0 Å². The molecule has 0 rings (SSSR count). The summed E-state index contributed by atoms with van der Waals surface area (Å²) in [5, 5.41) is 0. The second-order valence-electron chi connectivity index (χ2n) is 19.9. The van der Waals surface area contributed by atoms with E-state index in [2.05, 4.69) is 57.2 Å². The van der Waals surface area contributed by atoms with Crippen LogP contribution in [0.3, 0.4) is 0 Å². The first-order valence-corrected chi connectivity index (χ1v) is 29.5. The van der Waals surface area contributed by atoms with Gasteiger partial charge in [0.05, 0.1) is 0 Å². The Kier molecular flexibility index (Phi) is 54.2. The molecule has 0 spiro atoms. The predicted octanol–water partition coefficient (Wildman–Crippen LogP) is 19.7. The van der Waals surface area contributed by atoms with Crippen molar-refractivity contribution in [2.45, 2.75) is 322 Å². The van der Waals surface area contributed by atoms with Crippen LogP contribution < -0.4 is 0 Å². The van der Waals surface area contributed by atoms with E-state index < -0.39 is 6.10 Å². The van der Waals surface area contributed by atoms with E-state index >= 15 is 0 Å². The van der Waals surface area contributed by atoms with E-state index in [9.17, 15) is 14.4 Å². The fraction of sp³-hybridized carbons (Fsp3) is 0.852. The van der Waals surface area contributed by atoms with Crippen molar-refractivity contribution < 1.29 is 28.6 Å².